The van der Waals surface area contributed by atoms with Gasteiger partial charge in [-0.1, -0.05) is 23.7 Å². The molecule has 2 N–H and O–H groups in total. The molecule has 0 radical (unpaired) electrons. The predicted octanol–water partition coefficient (Wildman–Crippen LogP) is 1.91. The Morgan fingerprint density at radius 2 is 2.21 bits per heavy atom. The van der Waals surface area contributed by atoms with Crippen LogP contribution in [0.3, 0.4) is 0 Å². The maximum absolute atomic E-state index is 12.5. The highest BCUT2D eigenvalue weighted by Crippen LogP contribution is 2.36. The molecule has 0 aromatic heterocycles. The molecule has 1 aromatic carbocycles. The summed E-state index contributed by atoms with van der Waals surface area (Å²) in [6.07, 6.45) is 4.15. The van der Waals surface area contributed by atoms with Gasteiger partial charge in [0.2, 0.25) is 5.91 Å². The van der Waals surface area contributed by atoms with Crippen molar-refractivity contribution in [1.82, 2.24) is 15.6 Å². The van der Waals surface area contributed by atoms with Crippen LogP contribution >= 0.6 is 23.4 Å². The van der Waals surface area contributed by atoms with Crippen LogP contribution in [0.25, 0.3) is 6.08 Å². The third kappa shape index (κ3) is 4.25. The Labute approximate surface area is 177 Å². The molecule has 0 saturated carbocycles. The molecule has 29 heavy (non-hydrogen) atoms. The molecule has 152 valence electrons. The number of imide groups is 1. The number of nitrogens with zero attached hydrogens (tertiary/aromatic N) is 3. The summed E-state index contributed by atoms with van der Waals surface area (Å²) in [6.45, 7) is 1.92. The molecule has 0 bridgehead atoms. The Hall–Kier alpha value is -2.52. The van der Waals surface area contributed by atoms with E-state index in [9.17, 15) is 14.4 Å². The molecular formula is C19H20ClN5O3S. The van der Waals surface area contributed by atoms with E-state index in [1.807, 2.05) is 19.2 Å². The average molecular weight is 434 g/mol. The molecule has 3 aliphatic rings. The lowest BCUT2D eigenvalue weighted by molar-refractivity contribution is -0.123. The van der Waals surface area contributed by atoms with Gasteiger partial charge in [0, 0.05) is 38.0 Å². The summed E-state index contributed by atoms with van der Waals surface area (Å²) < 4.78 is 0. The summed E-state index contributed by atoms with van der Waals surface area (Å²) in [7, 11) is 1.84. The number of hydrogen-bond donors (Lipinski definition) is 2. The Morgan fingerprint density at radius 1 is 1.38 bits per heavy atom. The highest BCUT2D eigenvalue weighted by atomic mass is 35.5. The second-order valence-electron chi connectivity index (χ2n) is 7.18. The van der Waals surface area contributed by atoms with E-state index in [2.05, 4.69) is 20.6 Å². The monoisotopic (exact) mass is 433 g/mol. The minimum Gasteiger partial charge on any atom is -0.368 e. The summed E-state index contributed by atoms with van der Waals surface area (Å²) in [6, 6.07) is 5.47. The van der Waals surface area contributed by atoms with Crippen molar-refractivity contribution in [3.63, 3.8) is 0 Å². The van der Waals surface area contributed by atoms with E-state index < -0.39 is 5.91 Å². The van der Waals surface area contributed by atoms with E-state index in [1.54, 1.807) is 23.4 Å². The molecule has 1 unspecified atom stereocenters. The van der Waals surface area contributed by atoms with Crippen molar-refractivity contribution < 1.29 is 14.4 Å². The normalized spacial score (nSPS) is 25.2. The van der Waals surface area contributed by atoms with Crippen molar-refractivity contribution in [2.75, 3.05) is 31.6 Å². The Kier molecular flexibility index (Phi) is 5.51. The quantitative estimate of drug-likeness (QED) is 0.704. The van der Waals surface area contributed by atoms with Gasteiger partial charge in [0.05, 0.1) is 28.1 Å². The molecule has 1 aromatic rings. The van der Waals surface area contributed by atoms with Crippen molar-refractivity contribution in [2.45, 2.75) is 12.5 Å². The minimum atomic E-state index is -0.402. The molecule has 2 saturated heterocycles. The maximum atomic E-state index is 12.5. The molecule has 2 fully saturated rings. The lowest BCUT2D eigenvalue weighted by Crippen LogP contribution is -2.42. The highest BCUT2D eigenvalue weighted by Gasteiger charge is 2.31. The Morgan fingerprint density at radius 3 is 2.90 bits per heavy atom. The van der Waals surface area contributed by atoms with Crippen molar-refractivity contribution in [2.24, 2.45) is 11.0 Å². The fourth-order valence-corrected chi connectivity index (χ4v) is 4.63. The van der Waals surface area contributed by atoms with E-state index in [4.69, 9.17) is 11.6 Å². The number of para-hydroxylation sites is 1. The van der Waals surface area contributed by atoms with Gasteiger partial charge in [-0.2, -0.15) is 5.10 Å². The van der Waals surface area contributed by atoms with Gasteiger partial charge in [-0.15, -0.1) is 0 Å². The van der Waals surface area contributed by atoms with Gasteiger partial charge in [-0.25, -0.2) is 0 Å². The molecule has 4 rings (SSSR count). The molecule has 2 atom stereocenters. The van der Waals surface area contributed by atoms with Gasteiger partial charge in [0.1, 0.15) is 0 Å². The fourth-order valence-electron chi connectivity index (χ4n) is 3.66. The number of benzene rings is 1. The molecule has 10 heteroatoms. The van der Waals surface area contributed by atoms with Crippen LogP contribution in [-0.4, -0.2) is 61.0 Å². The van der Waals surface area contributed by atoms with E-state index in [0.717, 1.165) is 36.0 Å². The minimum absolute atomic E-state index is 0.00399. The fraction of sp³-hybridized carbons (Fsp3) is 0.368. The number of carbonyl (C=O) groups is 3. The third-order valence-corrected chi connectivity index (χ3v) is 6.15. The summed E-state index contributed by atoms with van der Waals surface area (Å²) in [4.78, 5) is 38.2. The first-order valence-corrected chi connectivity index (χ1v) is 10.4. The first kappa shape index (κ1) is 19.8. The molecule has 0 aliphatic carbocycles. The third-order valence-electron chi connectivity index (χ3n) is 5.04. The van der Waals surface area contributed by atoms with Crippen LogP contribution in [0.2, 0.25) is 5.02 Å². The smallest absolute Gasteiger partial charge is 0.290 e. The molecule has 0 spiro atoms. The van der Waals surface area contributed by atoms with E-state index in [0.29, 0.717) is 23.0 Å². The first-order chi connectivity index (χ1) is 13.9. The van der Waals surface area contributed by atoms with Gasteiger partial charge in [-0.05, 0) is 30.3 Å². The van der Waals surface area contributed by atoms with Crippen LogP contribution in [0.1, 0.15) is 12.0 Å². The van der Waals surface area contributed by atoms with Crippen LogP contribution < -0.4 is 15.5 Å². The van der Waals surface area contributed by atoms with E-state index in [-0.39, 0.29) is 23.1 Å². The highest BCUT2D eigenvalue weighted by molar-refractivity contribution is 8.18. The number of carbonyl (C=O) groups excluding carboxylic acids is 3. The van der Waals surface area contributed by atoms with E-state index >= 15 is 0 Å². The summed E-state index contributed by atoms with van der Waals surface area (Å²) in [5.41, 5.74) is 1.56. The van der Waals surface area contributed by atoms with Crippen LogP contribution in [0.4, 0.5) is 10.5 Å². The zero-order chi connectivity index (χ0) is 20.5. The van der Waals surface area contributed by atoms with Gasteiger partial charge in [-0.3, -0.25) is 24.7 Å². The van der Waals surface area contributed by atoms with E-state index in [1.165, 1.54) is 0 Å². The van der Waals surface area contributed by atoms with Gasteiger partial charge in [0.25, 0.3) is 11.1 Å². The van der Waals surface area contributed by atoms with Crippen molar-refractivity contribution in [3.05, 3.63) is 33.7 Å². The van der Waals surface area contributed by atoms with Crippen molar-refractivity contribution in [1.29, 1.82) is 0 Å². The summed E-state index contributed by atoms with van der Waals surface area (Å²) in [5.74, 6) is -0.658. The number of hydrazone groups is 1. The van der Waals surface area contributed by atoms with Crippen LogP contribution in [0.5, 0.6) is 0 Å². The average Bonchev–Trinajstić information content (AvgIpc) is 3.37. The largest absolute Gasteiger partial charge is 0.368 e. The molecule has 3 amide bonds. The van der Waals surface area contributed by atoms with Crippen LogP contribution in [-0.2, 0) is 9.59 Å². The number of amides is 3. The van der Waals surface area contributed by atoms with Gasteiger partial charge >= 0.3 is 0 Å². The van der Waals surface area contributed by atoms with Crippen molar-refractivity contribution in [3.8, 4) is 0 Å². The molecule has 3 aliphatic heterocycles. The molecule has 8 nitrogen and oxygen atoms in total. The number of thioether (sulfide) groups is 1. The Bertz CT molecular complexity index is 934. The Balaban J connectivity index is 1.49. The molecule has 3 heterocycles. The summed E-state index contributed by atoms with van der Waals surface area (Å²) >= 11 is 7.35. The molecular weight excluding hydrogens is 414 g/mol. The lowest BCUT2D eigenvalue weighted by atomic mass is 10.1. The van der Waals surface area contributed by atoms with Crippen molar-refractivity contribution >= 4 is 58.4 Å². The number of rotatable bonds is 4. The standard InChI is InChI=1S/C19H20ClN5O3S/c1-24-9-12(8-21-24)17(26)22-13-5-6-25(10-13)16-11(3-2-4-14(16)20)7-15-18(27)23-19(28)29-15/h2-4,7-8,12-13H,5-6,9-10H2,1H3,(H,22,26)(H,23,27,28)/b15-7-/t12?,13-/m0/s1. The number of halogens is 1. The SMILES string of the molecule is CN1CC(C(=O)N[C@H]2CCN(c3c(Cl)cccc3/C=C3\SC(=O)NC3=O)C2)C=N1. The van der Waals surface area contributed by atoms with Gasteiger partial charge < -0.3 is 10.2 Å². The lowest BCUT2D eigenvalue weighted by Gasteiger charge is -2.23. The number of anilines is 1. The zero-order valence-corrected chi connectivity index (χ0v) is 17.3. The van der Waals surface area contributed by atoms with Crippen LogP contribution in [0.15, 0.2) is 28.2 Å². The zero-order valence-electron chi connectivity index (χ0n) is 15.7. The number of hydrogen-bond acceptors (Lipinski definition) is 7. The van der Waals surface area contributed by atoms with Crippen LogP contribution in [0, 0.1) is 5.92 Å². The maximum Gasteiger partial charge on any atom is 0.290 e. The second-order valence-corrected chi connectivity index (χ2v) is 8.60. The summed E-state index contributed by atoms with van der Waals surface area (Å²) in [5, 5.41) is 11.4. The number of nitrogens with one attached hydrogen (secondary N) is 2. The second kappa shape index (κ2) is 8.08. The topological polar surface area (TPSA) is 94.1 Å². The predicted molar refractivity (Wildman–Crippen MR) is 114 cm³/mol. The first-order valence-electron chi connectivity index (χ1n) is 9.24. The van der Waals surface area contributed by atoms with Gasteiger partial charge in [0.15, 0.2) is 0 Å².